The molecule has 0 bridgehead atoms. The van der Waals surface area contributed by atoms with Crippen LogP contribution in [0, 0.1) is 6.92 Å². The van der Waals surface area contributed by atoms with Crippen LogP contribution in [0.25, 0.3) is 10.9 Å². The molecule has 158 valence electrons. The molecular weight excluding hydrogens is 434 g/mol. The molecule has 0 aliphatic carbocycles. The molecule has 0 atom stereocenters. The third-order valence-electron chi connectivity index (χ3n) is 4.96. The van der Waals surface area contributed by atoms with Crippen LogP contribution < -0.4 is 5.56 Å². The summed E-state index contributed by atoms with van der Waals surface area (Å²) in [5, 5.41) is 0.957. The normalized spacial score (nSPS) is 11.8. The molecule has 0 saturated heterocycles. The van der Waals surface area contributed by atoms with Gasteiger partial charge in [-0.2, -0.15) is 4.31 Å². The highest BCUT2D eigenvalue weighted by Crippen LogP contribution is 2.27. The van der Waals surface area contributed by atoms with Crippen LogP contribution in [0.1, 0.15) is 16.7 Å². The van der Waals surface area contributed by atoms with Gasteiger partial charge < -0.3 is 4.98 Å². The predicted molar refractivity (Wildman–Crippen MR) is 121 cm³/mol. The van der Waals surface area contributed by atoms with Crippen molar-refractivity contribution in [3.8, 4) is 0 Å². The minimum atomic E-state index is -3.98. The summed E-state index contributed by atoms with van der Waals surface area (Å²) in [6.45, 7) is 1.88. The maximum Gasteiger partial charge on any atom is 0.252 e. The molecular formula is C23H20ClN3O3S. The maximum absolute atomic E-state index is 13.5. The highest BCUT2D eigenvalue weighted by Gasteiger charge is 2.28. The van der Waals surface area contributed by atoms with Gasteiger partial charge in [0.2, 0.25) is 10.0 Å². The van der Waals surface area contributed by atoms with Crippen molar-refractivity contribution in [2.24, 2.45) is 0 Å². The van der Waals surface area contributed by atoms with Crippen LogP contribution in [0.4, 0.5) is 0 Å². The average molecular weight is 454 g/mol. The second-order valence-corrected chi connectivity index (χ2v) is 9.59. The molecule has 0 fully saturated rings. The molecule has 1 N–H and O–H groups in total. The van der Waals surface area contributed by atoms with E-state index in [1.807, 2.05) is 25.1 Å². The fourth-order valence-corrected chi connectivity index (χ4v) is 5.28. The van der Waals surface area contributed by atoms with Crippen molar-refractivity contribution in [1.29, 1.82) is 0 Å². The van der Waals surface area contributed by atoms with Crippen LogP contribution in [0.3, 0.4) is 0 Å². The zero-order valence-corrected chi connectivity index (χ0v) is 18.3. The van der Waals surface area contributed by atoms with Crippen LogP contribution in [0.5, 0.6) is 0 Å². The largest absolute Gasteiger partial charge is 0.322 e. The second-order valence-electron chi connectivity index (χ2n) is 7.28. The summed E-state index contributed by atoms with van der Waals surface area (Å²) in [5.74, 6) is 0. The molecule has 2 aromatic heterocycles. The standard InChI is InChI=1S/C23H20ClN3O3S/c1-16-8-9-18-12-19(23(28)26-21(18)11-16)15-27(14-17-5-4-10-25-13-17)31(29,30)22-7-3-2-6-20(22)24/h2-13H,14-15H2,1H3,(H,26,28). The summed E-state index contributed by atoms with van der Waals surface area (Å²) in [4.78, 5) is 19.7. The number of aromatic nitrogens is 2. The first-order valence-corrected chi connectivity index (χ1v) is 11.4. The third-order valence-corrected chi connectivity index (χ3v) is 7.25. The van der Waals surface area contributed by atoms with Crippen LogP contribution in [0.15, 0.2) is 82.7 Å². The Balaban J connectivity index is 1.79. The lowest BCUT2D eigenvalue weighted by atomic mass is 10.1. The number of nitrogens with one attached hydrogen (secondary N) is 1. The van der Waals surface area contributed by atoms with Crippen LogP contribution in [-0.2, 0) is 23.1 Å². The van der Waals surface area contributed by atoms with E-state index in [9.17, 15) is 13.2 Å². The Labute approximate surface area is 185 Å². The molecule has 0 saturated carbocycles. The molecule has 0 amide bonds. The zero-order valence-electron chi connectivity index (χ0n) is 16.7. The molecule has 0 spiro atoms. The number of rotatable bonds is 6. The van der Waals surface area contributed by atoms with Crippen molar-refractivity contribution < 1.29 is 8.42 Å². The number of aromatic amines is 1. The fourth-order valence-electron chi connectivity index (χ4n) is 3.38. The van der Waals surface area contributed by atoms with E-state index in [-0.39, 0.29) is 28.6 Å². The number of benzene rings is 2. The smallest absolute Gasteiger partial charge is 0.252 e. The number of hydrogen-bond donors (Lipinski definition) is 1. The Morgan fingerprint density at radius 3 is 2.58 bits per heavy atom. The van der Waals surface area contributed by atoms with E-state index in [0.29, 0.717) is 16.6 Å². The molecule has 6 nitrogen and oxygen atoms in total. The van der Waals surface area contributed by atoms with Gasteiger partial charge in [0, 0.05) is 36.6 Å². The van der Waals surface area contributed by atoms with Gasteiger partial charge in [-0.05, 0) is 53.8 Å². The Kier molecular flexibility index (Phi) is 5.91. The number of H-pyrrole nitrogens is 1. The SMILES string of the molecule is Cc1ccc2cc(CN(Cc3cccnc3)S(=O)(=O)c3ccccc3Cl)c(=O)[nH]c2c1. The van der Waals surface area contributed by atoms with Crippen LogP contribution in [0.2, 0.25) is 5.02 Å². The van der Waals surface area contributed by atoms with Crippen molar-refractivity contribution in [3.05, 3.63) is 105 Å². The Bertz CT molecular complexity index is 1400. The van der Waals surface area contributed by atoms with Gasteiger partial charge in [-0.25, -0.2) is 8.42 Å². The summed E-state index contributed by atoms with van der Waals surface area (Å²) in [5.41, 5.74) is 2.45. The molecule has 0 aliphatic heterocycles. The lowest BCUT2D eigenvalue weighted by Crippen LogP contribution is -2.32. The minimum absolute atomic E-state index is 0.00611. The number of fused-ring (bicyclic) bond motifs is 1. The zero-order chi connectivity index (χ0) is 22.0. The van der Waals surface area contributed by atoms with Gasteiger partial charge in [0.1, 0.15) is 4.90 Å². The van der Waals surface area contributed by atoms with Gasteiger partial charge in [-0.3, -0.25) is 9.78 Å². The van der Waals surface area contributed by atoms with Gasteiger partial charge in [0.25, 0.3) is 5.56 Å². The molecule has 2 heterocycles. The third kappa shape index (κ3) is 4.54. The van der Waals surface area contributed by atoms with E-state index in [4.69, 9.17) is 11.6 Å². The lowest BCUT2D eigenvalue weighted by molar-refractivity contribution is 0.399. The molecule has 0 aliphatic rings. The lowest BCUT2D eigenvalue weighted by Gasteiger charge is -2.23. The van der Waals surface area contributed by atoms with Crippen LogP contribution >= 0.6 is 11.6 Å². The van der Waals surface area contributed by atoms with E-state index >= 15 is 0 Å². The number of sulfonamides is 1. The van der Waals surface area contributed by atoms with Gasteiger partial charge >= 0.3 is 0 Å². The molecule has 0 unspecified atom stereocenters. The van der Waals surface area contributed by atoms with Crippen molar-refractivity contribution >= 4 is 32.5 Å². The van der Waals surface area contributed by atoms with E-state index < -0.39 is 10.0 Å². The first-order valence-electron chi connectivity index (χ1n) is 9.61. The van der Waals surface area contributed by atoms with E-state index in [0.717, 1.165) is 10.9 Å². The topological polar surface area (TPSA) is 83.1 Å². The molecule has 4 aromatic rings. The summed E-state index contributed by atoms with van der Waals surface area (Å²) in [6, 6.07) is 17.3. The summed E-state index contributed by atoms with van der Waals surface area (Å²) in [6.07, 6.45) is 3.22. The first-order chi connectivity index (χ1) is 14.8. The number of hydrogen-bond acceptors (Lipinski definition) is 4. The molecule has 31 heavy (non-hydrogen) atoms. The first kappa shape index (κ1) is 21.2. The monoisotopic (exact) mass is 453 g/mol. The quantitative estimate of drug-likeness (QED) is 0.472. The van der Waals surface area contributed by atoms with Gasteiger partial charge in [0.05, 0.1) is 5.02 Å². The number of nitrogens with zero attached hydrogens (tertiary/aromatic N) is 2. The minimum Gasteiger partial charge on any atom is -0.322 e. The van der Waals surface area contributed by atoms with Crippen molar-refractivity contribution in [2.75, 3.05) is 0 Å². The van der Waals surface area contributed by atoms with E-state index in [2.05, 4.69) is 9.97 Å². The Morgan fingerprint density at radius 2 is 1.84 bits per heavy atom. The maximum atomic E-state index is 13.5. The molecule has 8 heteroatoms. The van der Waals surface area contributed by atoms with Crippen molar-refractivity contribution in [3.63, 3.8) is 0 Å². The summed E-state index contributed by atoms with van der Waals surface area (Å²) in [7, 11) is -3.98. The predicted octanol–water partition coefficient (Wildman–Crippen LogP) is 4.28. The fraction of sp³-hybridized carbons (Fsp3) is 0.130. The highest BCUT2D eigenvalue weighted by atomic mass is 35.5. The second kappa shape index (κ2) is 8.63. The highest BCUT2D eigenvalue weighted by molar-refractivity contribution is 7.89. The number of aryl methyl sites for hydroxylation is 1. The van der Waals surface area contributed by atoms with Crippen molar-refractivity contribution in [1.82, 2.24) is 14.3 Å². The van der Waals surface area contributed by atoms with Gasteiger partial charge in [-0.1, -0.05) is 41.9 Å². The van der Waals surface area contributed by atoms with Crippen molar-refractivity contribution in [2.45, 2.75) is 24.9 Å². The number of pyridine rings is 2. The summed E-state index contributed by atoms with van der Waals surface area (Å²) >= 11 is 6.20. The molecule has 4 rings (SSSR count). The number of halogens is 1. The van der Waals surface area contributed by atoms with E-state index in [1.54, 1.807) is 42.7 Å². The molecule has 2 aromatic carbocycles. The van der Waals surface area contributed by atoms with Crippen LogP contribution in [-0.4, -0.2) is 22.7 Å². The Hall–Kier alpha value is -3.00. The molecule has 0 radical (unpaired) electrons. The van der Waals surface area contributed by atoms with Gasteiger partial charge in [-0.15, -0.1) is 0 Å². The van der Waals surface area contributed by atoms with E-state index in [1.165, 1.54) is 16.4 Å². The van der Waals surface area contributed by atoms with Gasteiger partial charge in [0.15, 0.2) is 0 Å². The summed E-state index contributed by atoms with van der Waals surface area (Å²) < 4.78 is 28.2. The Morgan fingerprint density at radius 1 is 1.03 bits per heavy atom. The average Bonchev–Trinajstić information content (AvgIpc) is 2.74.